The highest BCUT2D eigenvalue weighted by Gasteiger charge is 2.29. The highest BCUT2D eigenvalue weighted by Crippen LogP contribution is 2.19. The molecule has 1 fully saturated rings. The van der Waals surface area contributed by atoms with Gasteiger partial charge in [-0.25, -0.2) is 4.79 Å². The van der Waals surface area contributed by atoms with Crippen LogP contribution >= 0.6 is 15.9 Å². The SMILES string of the molecule is CC(C)(C)OC(=O)N1CCC(CNCCc2cccc(Br)c2)C1. The van der Waals surface area contributed by atoms with Gasteiger partial charge in [-0.3, -0.25) is 0 Å². The van der Waals surface area contributed by atoms with Crippen molar-refractivity contribution in [2.45, 2.75) is 39.2 Å². The van der Waals surface area contributed by atoms with Gasteiger partial charge in [0.25, 0.3) is 0 Å². The molecule has 1 N–H and O–H groups in total. The number of amides is 1. The molecule has 0 aromatic heterocycles. The Kier molecular flexibility index (Phi) is 6.48. The van der Waals surface area contributed by atoms with Gasteiger partial charge in [-0.15, -0.1) is 0 Å². The van der Waals surface area contributed by atoms with E-state index in [1.54, 1.807) is 0 Å². The minimum Gasteiger partial charge on any atom is -0.444 e. The van der Waals surface area contributed by atoms with E-state index in [-0.39, 0.29) is 6.09 Å². The summed E-state index contributed by atoms with van der Waals surface area (Å²) in [7, 11) is 0. The van der Waals surface area contributed by atoms with Crippen LogP contribution in [-0.2, 0) is 11.2 Å². The number of rotatable bonds is 5. The van der Waals surface area contributed by atoms with Crippen molar-refractivity contribution >= 4 is 22.0 Å². The zero-order valence-corrected chi connectivity index (χ0v) is 15.9. The quantitative estimate of drug-likeness (QED) is 0.786. The van der Waals surface area contributed by atoms with Crippen molar-refractivity contribution < 1.29 is 9.53 Å². The molecule has 1 aromatic rings. The molecule has 1 aromatic carbocycles. The lowest BCUT2D eigenvalue weighted by molar-refractivity contribution is 0.0288. The van der Waals surface area contributed by atoms with Crippen LogP contribution in [0.15, 0.2) is 28.7 Å². The second kappa shape index (κ2) is 8.15. The fourth-order valence-electron chi connectivity index (χ4n) is 2.72. The molecule has 1 atom stereocenters. The van der Waals surface area contributed by atoms with Gasteiger partial charge in [-0.2, -0.15) is 0 Å². The van der Waals surface area contributed by atoms with E-state index in [1.165, 1.54) is 5.56 Å². The van der Waals surface area contributed by atoms with Gasteiger partial charge in [0.1, 0.15) is 5.60 Å². The Morgan fingerprint density at radius 2 is 2.22 bits per heavy atom. The van der Waals surface area contributed by atoms with Crippen molar-refractivity contribution in [1.29, 1.82) is 0 Å². The summed E-state index contributed by atoms with van der Waals surface area (Å²) in [6.07, 6.45) is 1.87. The number of carbonyl (C=O) groups is 1. The molecule has 0 radical (unpaired) electrons. The molecule has 1 unspecified atom stereocenters. The zero-order chi connectivity index (χ0) is 16.9. The fraction of sp³-hybridized carbons (Fsp3) is 0.611. The van der Waals surface area contributed by atoms with Gasteiger partial charge in [-0.1, -0.05) is 28.1 Å². The Balaban J connectivity index is 1.65. The Labute approximate surface area is 147 Å². The van der Waals surface area contributed by atoms with Crippen molar-refractivity contribution in [2.24, 2.45) is 5.92 Å². The Bertz CT molecular complexity index is 528. The number of nitrogens with one attached hydrogen (secondary N) is 1. The maximum atomic E-state index is 12.0. The third-order valence-corrected chi connectivity index (χ3v) is 4.34. The average Bonchev–Trinajstić information content (AvgIpc) is 2.91. The van der Waals surface area contributed by atoms with E-state index in [9.17, 15) is 4.79 Å². The standard InChI is InChI=1S/C18H27BrN2O2/c1-18(2,3)23-17(22)21-10-8-15(13-21)12-20-9-7-14-5-4-6-16(19)11-14/h4-6,11,15,20H,7-10,12-13H2,1-3H3. The minimum atomic E-state index is -0.419. The van der Waals surface area contributed by atoms with Crippen molar-refractivity contribution in [3.05, 3.63) is 34.3 Å². The second-order valence-electron chi connectivity index (χ2n) is 7.17. The van der Waals surface area contributed by atoms with Crippen LogP contribution in [0.3, 0.4) is 0 Å². The third-order valence-electron chi connectivity index (χ3n) is 3.85. The molecule has 4 nitrogen and oxygen atoms in total. The van der Waals surface area contributed by atoms with E-state index in [0.29, 0.717) is 5.92 Å². The molecule has 1 aliphatic rings. The predicted octanol–water partition coefficient (Wildman–Crippen LogP) is 3.84. The summed E-state index contributed by atoms with van der Waals surface area (Å²) in [6, 6.07) is 8.41. The lowest BCUT2D eigenvalue weighted by Crippen LogP contribution is -2.36. The fourth-order valence-corrected chi connectivity index (χ4v) is 3.17. The second-order valence-corrected chi connectivity index (χ2v) is 8.08. The first-order chi connectivity index (χ1) is 10.8. The van der Waals surface area contributed by atoms with Crippen molar-refractivity contribution in [2.75, 3.05) is 26.2 Å². The summed E-state index contributed by atoms with van der Waals surface area (Å²) < 4.78 is 6.55. The zero-order valence-electron chi connectivity index (χ0n) is 14.3. The number of carbonyl (C=O) groups excluding carboxylic acids is 1. The van der Waals surface area contributed by atoms with Crippen molar-refractivity contribution in [1.82, 2.24) is 10.2 Å². The molecule has 1 heterocycles. The van der Waals surface area contributed by atoms with Crippen LogP contribution in [0.5, 0.6) is 0 Å². The maximum absolute atomic E-state index is 12.0. The smallest absolute Gasteiger partial charge is 0.410 e. The number of likely N-dealkylation sites (tertiary alicyclic amines) is 1. The summed E-state index contributed by atoms with van der Waals surface area (Å²) in [4.78, 5) is 13.9. The van der Waals surface area contributed by atoms with Gasteiger partial charge < -0.3 is 15.0 Å². The molecule has 2 rings (SSSR count). The summed E-state index contributed by atoms with van der Waals surface area (Å²) >= 11 is 3.50. The van der Waals surface area contributed by atoms with E-state index in [0.717, 1.165) is 43.5 Å². The van der Waals surface area contributed by atoms with Gasteiger partial charge in [-0.05, 0) is 70.3 Å². The van der Waals surface area contributed by atoms with Gasteiger partial charge in [0, 0.05) is 17.6 Å². The molecule has 23 heavy (non-hydrogen) atoms. The van der Waals surface area contributed by atoms with Gasteiger partial charge in [0.2, 0.25) is 0 Å². The van der Waals surface area contributed by atoms with E-state index in [2.05, 4.69) is 39.4 Å². The summed E-state index contributed by atoms with van der Waals surface area (Å²) in [6.45, 7) is 9.21. The molecule has 1 amide bonds. The monoisotopic (exact) mass is 382 g/mol. The Hall–Kier alpha value is -1.07. The minimum absolute atomic E-state index is 0.186. The number of halogens is 1. The first kappa shape index (κ1) is 18.3. The number of benzene rings is 1. The van der Waals surface area contributed by atoms with Crippen LogP contribution < -0.4 is 5.32 Å². The molecular formula is C18H27BrN2O2. The topological polar surface area (TPSA) is 41.6 Å². The summed E-state index contributed by atoms with van der Waals surface area (Å²) in [5.41, 5.74) is 0.908. The number of ether oxygens (including phenoxy) is 1. The van der Waals surface area contributed by atoms with E-state index < -0.39 is 5.60 Å². The molecule has 1 saturated heterocycles. The first-order valence-corrected chi connectivity index (χ1v) is 9.06. The van der Waals surface area contributed by atoms with Crippen LogP contribution in [0, 0.1) is 5.92 Å². The summed E-state index contributed by atoms with van der Waals surface area (Å²) in [5, 5.41) is 3.51. The maximum Gasteiger partial charge on any atom is 0.410 e. The third kappa shape index (κ3) is 6.51. The van der Waals surface area contributed by atoms with Crippen LogP contribution in [0.2, 0.25) is 0 Å². The lowest BCUT2D eigenvalue weighted by atomic mass is 10.1. The molecule has 1 aliphatic heterocycles. The highest BCUT2D eigenvalue weighted by molar-refractivity contribution is 9.10. The molecule has 128 valence electrons. The van der Waals surface area contributed by atoms with Crippen LogP contribution in [-0.4, -0.2) is 42.8 Å². The van der Waals surface area contributed by atoms with E-state index >= 15 is 0 Å². The van der Waals surface area contributed by atoms with Crippen LogP contribution in [0.4, 0.5) is 4.79 Å². The average molecular weight is 383 g/mol. The molecular weight excluding hydrogens is 356 g/mol. The van der Waals surface area contributed by atoms with Gasteiger partial charge in [0.05, 0.1) is 0 Å². The molecule has 5 heteroatoms. The number of nitrogens with zero attached hydrogens (tertiary/aromatic N) is 1. The van der Waals surface area contributed by atoms with Gasteiger partial charge in [0.15, 0.2) is 0 Å². The highest BCUT2D eigenvalue weighted by atomic mass is 79.9. The van der Waals surface area contributed by atoms with Gasteiger partial charge >= 0.3 is 6.09 Å². The van der Waals surface area contributed by atoms with Crippen LogP contribution in [0.1, 0.15) is 32.8 Å². The molecule has 0 saturated carbocycles. The Morgan fingerprint density at radius 1 is 1.43 bits per heavy atom. The van der Waals surface area contributed by atoms with E-state index in [1.807, 2.05) is 31.7 Å². The van der Waals surface area contributed by atoms with Crippen molar-refractivity contribution in [3.63, 3.8) is 0 Å². The first-order valence-electron chi connectivity index (χ1n) is 8.26. The number of hydrogen-bond donors (Lipinski definition) is 1. The van der Waals surface area contributed by atoms with E-state index in [4.69, 9.17) is 4.74 Å². The largest absolute Gasteiger partial charge is 0.444 e. The predicted molar refractivity (Wildman–Crippen MR) is 96.6 cm³/mol. The van der Waals surface area contributed by atoms with Crippen molar-refractivity contribution in [3.8, 4) is 0 Å². The molecule has 0 bridgehead atoms. The number of hydrogen-bond acceptors (Lipinski definition) is 3. The Morgan fingerprint density at radius 3 is 2.91 bits per heavy atom. The molecule has 0 spiro atoms. The lowest BCUT2D eigenvalue weighted by Gasteiger charge is -2.24. The molecule has 0 aliphatic carbocycles. The van der Waals surface area contributed by atoms with Crippen LogP contribution in [0.25, 0.3) is 0 Å². The normalized spacial score (nSPS) is 18.3. The summed E-state index contributed by atoms with van der Waals surface area (Å²) in [5.74, 6) is 0.519.